The Morgan fingerprint density at radius 3 is 2.37 bits per heavy atom. The fourth-order valence-corrected chi connectivity index (χ4v) is 3.45. The molecular weight excluding hydrogens is 382 g/mol. The molecule has 0 N–H and O–H groups in total. The molecule has 0 fully saturated rings. The van der Waals surface area contributed by atoms with Crippen molar-refractivity contribution in [2.75, 3.05) is 0 Å². The van der Waals surface area contributed by atoms with Crippen LogP contribution < -0.4 is 0 Å². The first-order valence-corrected chi connectivity index (χ1v) is 9.14. The molecule has 0 spiro atoms. The standard InChI is InChI=1S/C22H15Cl2FN2/c1-14-4-2-6-16(10-14)22-26-13-21(15-5-3-7-17(23)11-15)27(22)20-12-18(24)8-9-19(20)25/h2-13H,1H3. The summed E-state index contributed by atoms with van der Waals surface area (Å²) in [6, 6.07) is 19.8. The van der Waals surface area contributed by atoms with Crippen molar-refractivity contribution in [3.63, 3.8) is 0 Å². The zero-order valence-corrected chi connectivity index (χ0v) is 16.0. The van der Waals surface area contributed by atoms with Crippen molar-refractivity contribution in [1.82, 2.24) is 9.55 Å². The van der Waals surface area contributed by atoms with Gasteiger partial charge in [-0.2, -0.15) is 0 Å². The van der Waals surface area contributed by atoms with Crippen molar-refractivity contribution in [3.05, 3.63) is 94.4 Å². The Kier molecular flexibility index (Phi) is 4.73. The number of benzene rings is 3. The highest BCUT2D eigenvalue weighted by molar-refractivity contribution is 6.31. The average molecular weight is 397 g/mol. The van der Waals surface area contributed by atoms with Gasteiger partial charge in [0.15, 0.2) is 0 Å². The summed E-state index contributed by atoms with van der Waals surface area (Å²) in [5.74, 6) is 0.254. The minimum Gasteiger partial charge on any atom is -0.289 e. The van der Waals surface area contributed by atoms with E-state index in [1.807, 2.05) is 49.4 Å². The molecule has 27 heavy (non-hydrogen) atoms. The molecule has 1 aromatic heterocycles. The van der Waals surface area contributed by atoms with Crippen LogP contribution in [0.4, 0.5) is 4.39 Å². The molecule has 134 valence electrons. The highest BCUT2D eigenvalue weighted by Crippen LogP contribution is 2.33. The molecule has 0 aliphatic carbocycles. The Labute approximate surface area is 166 Å². The molecule has 0 radical (unpaired) electrons. The first kappa shape index (κ1) is 17.8. The van der Waals surface area contributed by atoms with Crippen molar-refractivity contribution >= 4 is 23.2 Å². The molecule has 0 unspecified atom stereocenters. The summed E-state index contributed by atoms with van der Waals surface area (Å²) < 4.78 is 16.5. The largest absolute Gasteiger partial charge is 0.289 e. The Morgan fingerprint density at radius 2 is 1.59 bits per heavy atom. The van der Waals surface area contributed by atoms with Gasteiger partial charge in [0.05, 0.1) is 17.6 Å². The van der Waals surface area contributed by atoms with Crippen LogP contribution in [-0.2, 0) is 0 Å². The fraction of sp³-hybridized carbons (Fsp3) is 0.0455. The quantitative estimate of drug-likeness (QED) is 0.365. The van der Waals surface area contributed by atoms with Crippen LogP contribution >= 0.6 is 23.2 Å². The molecule has 3 aromatic carbocycles. The van der Waals surface area contributed by atoms with Crippen molar-refractivity contribution in [1.29, 1.82) is 0 Å². The molecule has 5 heteroatoms. The van der Waals surface area contributed by atoms with E-state index in [0.717, 1.165) is 22.4 Å². The topological polar surface area (TPSA) is 17.8 Å². The predicted molar refractivity (Wildman–Crippen MR) is 109 cm³/mol. The van der Waals surface area contributed by atoms with Crippen LogP contribution in [0.3, 0.4) is 0 Å². The van der Waals surface area contributed by atoms with Crippen LogP contribution in [0, 0.1) is 12.7 Å². The molecule has 0 saturated carbocycles. The van der Waals surface area contributed by atoms with Gasteiger partial charge >= 0.3 is 0 Å². The number of rotatable bonds is 3. The van der Waals surface area contributed by atoms with Crippen molar-refractivity contribution in [3.8, 4) is 28.3 Å². The van der Waals surface area contributed by atoms with E-state index in [-0.39, 0.29) is 5.82 Å². The second-order valence-corrected chi connectivity index (χ2v) is 7.15. The van der Waals surface area contributed by atoms with Gasteiger partial charge in [0.1, 0.15) is 11.6 Å². The lowest BCUT2D eigenvalue weighted by atomic mass is 10.1. The molecule has 4 aromatic rings. The third-order valence-corrected chi connectivity index (χ3v) is 4.78. The minimum absolute atomic E-state index is 0.339. The molecule has 0 bridgehead atoms. The minimum atomic E-state index is -0.380. The van der Waals surface area contributed by atoms with E-state index in [4.69, 9.17) is 23.2 Å². The van der Waals surface area contributed by atoms with Gasteiger partial charge in [0.2, 0.25) is 0 Å². The summed E-state index contributed by atoms with van der Waals surface area (Å²) in [6.45, 7) is 2.01. The maximum atomic E-state index is 14.7. The summed E-state index contributed by atoms with van der Waals surface area (Å²) in [6.07, 6.45) is 1.73. The second kappa shape index (κ2) is 7.18. The zero-order chi connectivity index (χ0) is 19.0. The molecule has 0 saturated heterocycles. The SMILES string of the molecule is Cc1cccc(-c2ncc(-c3cccc(Cl)c3)n2-c2cc(Cl)ccc2F)c1. The van der Waals surface area contributed by atoms with Gasteiger partial charge in [-0.1, -0.05) is 59.1 Å². The zero-order valence-electron chi connectivity index (χ0n) is 14.5. The van der Waals surface area contributed by atoms with E-state index in [2.05, 4.69) is 4.98 Å². The normalized spacial score (nSPS) is 11.0. The molecule has 1 heterocycles. The van der Waals surface area contributed by atoms with Crippen LogP contribution in [0.5, 0.6) is 0 Å². The van der Waals surface area contributed by atoms with Gasteiger partial charge in [0.25, 0.3) is 0 Å². The highest BCUT2D eigenvalue weighted by Gasteiger charge is 2.18. The summed E-state index contributed by atoms with van der Waals surface area (Å²) in [4.78, 5) is 4.59. The van der Waals surface area contributed by atoms with Gasteiger partial charge in [-0.3, -0.25) is 4.57 Å². The number of halogens is 3. The van der Waals surface area contributed by atoms with E-state index < -0.39 is 0 Å². The molecule has 4 rings (SSSR count). The van der Waals surface area contributed by atoms with Gasteiger partial charge < -0.3 is 0 Å². The lowest BCUT2D eigenvalue weighted by Gasteiger charge is -2.14. The smallest absolute Gasteiger partial charge is 0.147 e. The van der Waals surface area contributed by atoms with E-state index in [0.29, 0.717) is 21.6 Å². The van der Waals surface area contributed by atoms with E-state index in [9.17, 15) is 4.39 Å². The van der Waals surface area contributed by atoms with Crippen molar-refractivity contribution < 1.29 is 4.39 Å². The van der Waals surface area contributed by atoms with Crippen LogP contribution in [0.15, 0.2) is 72.9 Å². The van der Waals surface area contributed by atoms with Crippen LogP contribution in [0.25, 0.3) is 28.3 Å². The molecule has 0 aliphatic rings. The molecule has 0 atom stereocenters. The third kappa shape index (κ3) is 3.48. The van der Waals surface area contributed by atoms with E-state index >= 15 is 0 Å². The van der Waals surface area contributed by atoms with E-state index in [1.54, 1.807) is 22.9 Å². The number of aryl methyl sites for hydroxylation is 1. The maximum absolute atomic E-state index is 14.7. The first-order valence-electron chi connectivity index (χ1n) is 8.39. The fourth-order valence-electron chi connectivity index (χ4n) is 3.09. The van der Waals surface area contributed by atoms with Crippen LogP contribution in [-0.4, -0.2) is 9.55 Å². The van der Waals surface area contributed by atoms with Gasteiger partial charge in [0, 0.05) is 21.2 Å². The van der Waals surface area contributed by atoms with Gasteiger partial charge in [-0.25, -0.2) is 9.37 Å². The van der Waals surface area contributed by atoms with Crippen molar-refractivity contribution in [2.45, 2.75) is 6.92 Å². The van der Waals surface area contributed by atoms with Crippen molar-refractivity contribution in [2.24, 2.45) is 0 Å². The predicted octanol–water partition coefficient (Wildman–Crippen LogP) is 6.96. The summed E-state index contributed by atoms with van der Waals surface area (Å²) in [5.41, 5.74) is 3.90. The molecule has 0 aliphatic heterocycles. The Bertz CT molecular complexity index is 1070. The summed E-state index contributed by atoms with van der Waals surface area (Å²) >= 11 is 12.3. The van der Waals surface area contributed by atoms with Crippen LogP contribution in [0.2, 0.25) is 10.0 Å². The first-order chi connectivity index (χ1) is 13.0. The number of imidazole rings is 1. The number of nitrogens with zero attached hydrogens (tertiary/aromatic N) is 2. The third-order valence-electron chi connectivity index (χ3n) is 4.31. The Morgan fingerprint density at radius 1 is 0.852 bits per heavy atom. The monoisotopic (exact) mass is 396 g/mol. The maximum Gasteiger partial charge on any atom is 0.147 e. The average Bonchev–Trinajstić information content (AvgIpc) is 3.08. The van der Waals surface area contributed by atoms with Gasteiger partial charge in [-0.15, -0.1) is 0 Å². The number of hydrogen-bond donors (Lipinski definition) is 0. The summed E-state index contributed by atoms with van der Waals surface area (Å²) in [7, 11) is 0. The summed E-state index contributed by atoms with van der Waals surface area (Å²) in [5, 5.41) is 1.05. The molecular formula is C22H15Cl2FN2. The number of aromatic nitrogens is 2. The van der Waals surface area contributed by atoms with Crippen LogP contribution in [0.1, 0.15) is 5.56 Å². The lowest BCUT2D eigenvalue weighted by molar-refractivity contribution is 0.619. The second-order valence-electron chi connectivity index (χ2n) is 6.28. The Balaban J connectivity index is 2.03. The lowest BCUT2D eigenvalue weighted by Crippen LogP contribution is -2.03. The Hall–Kier alpha value is -2.62. The highest BCUT2D eigenvalue weighted by atomic mass is 35.5. The van der Waals surface area contributed by atoms with Gasteiger partial charge in [-0.05, 0) is 43.3 Å². The van der Waals surface area contributed by atoms with E-state index in [1.165, 1.54) is 12.1 Å². The molecule has 2 nitrogen and oxygen atoms in total. The number of hydrogen-bond acceptors (Lipinski definition) is 1. The molecule has 0 amide bonds.